The third-order valence-corrected chi connectivity index (χ3v) is 3.05. The molecule has 0 bridgehead atoms. The highest BCUT2D eigenvalue weighted by atomic mass is 16.5. The van der Waals surface area contributed by atoms with Gasteiger partial charge in [0.15, 0.2) is 0 Å². The minimum atomic E-state index is 0.552. The zero-order valence-electron chi connectivity index (χ0n) is 8.97. The first-order valence-corrected chi connectivity index (χ1v) is 5.54. The number of ether oxygens (including phenoxy) is 1. The SMILES string of the molecule is c1cncc(OCC2Cc3ccccc32)c1. The monoisotopic (exact) mass is 211 g/mol. The van der Waals surface area contributed by atoms with Gasteiger partial charge in [-0.2, -0.15) is 0 Å². The second-order valence-electron chi connectivity index (χ2n) is 4.10. The predicted molar refractivity (Wildman–Crippen MR) is 62.6 cm³/mol. The van der Waals surface area contributed by atoms with Crippen molar-refractivity contribution < 1.29 is 4.74 Å². The van der Waals surface area contributed by atoms with Gasteiger partial charge in [-0.1, -0.05) is 24.3 Å². The molecule has 0 spiro atoms. The number of benzene rings is 1. The quantitative estimate of drug-likeness (QED) is 0.778. The van der Waals surface area contributed by atoms with Gasteiger partial charge in [0.05, 0.1) is 12.8 Å². The first kappa shape index (κ1) is 9.40. The van der Waals surface area contributed by atoms with Crippen LogP contribution in [0.25, 0.3) is 0 Å². The molecule has 3 rings (SSSR count). The Morgan fingerprint density at radius 1 is 1.19 bits per heavy atom. The molecule has 0 aliphatic heterocycles. The van der Waals surface area contributed by atoms with E-state index in [-0.39, 0.29) is 0 Å². The molecule has 1 unspecified atom stereocenters. The molecule has 0 N–H and O–H groups in total. The van der Waals surface area contributed by atoms with Gasteiger partial charge in [-0.05, 0) is 29.7 Å². The summed E-state index contributed by atoms with van der Waals surface area (Å²) < 4.78 is 5.70. The number of aromatic nitrogens is 1. The molecular weight excluding hydrogens is 198 g/mol. The average molecular weight is 211 g/mol. The van der Waals surface area contributed by atoms with E-state index >= 15 is 0 Å². The minimum Gasteiger partial charge on any atom is -0.491 e. The lowest BCUT2D eigenvalue weighted by molar-refractivity contribution is 0.274. The normalized spacial score (nSPS) is 17.4. The van der Waals surface area contributed by atoms with Gasteiger partial charge in [0, 0.05) is 12.1 Å². The minimum absolute atomic E-state index is 0.552. The Morgan fingerprint density at radius 2 is 2.12 bits per heavy atom. The summed E-state index contributed by atoms with van der Waals surface area (Å²) in [5, 5.41) is 0. The summed E-state index contributed by atoms with van der Waals surface area (Å²) >= 11 is 0. The Labute approximate surface area is 94.9 Å². The molecule has 2 nitrogen and oxygen atoms in total. The van der Waals surface area contributed by atoms with Crippen LogP contribution in [0, 0.1) is 0 Å². The molecule has 0 amide bonds. The molecular formula is C14H13NO. The van der Waals surface area contributed by atoms with E-state index in [9.17, 15) is 0 Å². The Balaban J connectivity index is 1.63. The molecule has 16 heavy (non-hydrogen) atoms. The maximum Gasteiger partial charge on any atom is 0.137 e. The van der Waals surface area contributed by atoms with Crippen molar-refractivity contribution in [2.24, 2.45) is 0 Å². The fraction of sp³-hybridized carbons (Fsp3) is 0.214. The van der Waals surface area contributed by atoms with E-state index in [1.54, 1.807) is 12.4 Å². The first-order chi connectivity index (χ1) is 7.93. The third-order valence-electron chi connectivity index (χ3n) is 3.05. The smallest absolute Gasteiger partial charge is 0.137 e. The van der Waals surface area contributed by atoms with E-state index in [1.807, 2.05) is 12.1 Å². The third kappa shape index (κ3) is 1.67. The van der Waals surface area contributed by atoms with Gasteiger partial charge in [-0.25, -0.2) is 0 Å². The molecule has 1 heterocycles. The van der Waals surface area contributed by atoms with Crippen LogP contribution in [0.3, 0.4) is 0 Å². The lowest BCUT2D eigenvalue weighted by Gasteiger charge is -2.29. The maximum atomic E-state index is 5.70. The fourth-order valence-electron chi connectivity index (χ4n) is 2.14. The highest BCUT2D eigenvalue weighted by Crippen LogP contribution is 2.34. The van der Waals surface area contributed by atoms with E-state index in [0.717, 1.165) is 18.8 Å². The van der Waals surface area contributed by atoms with E-state index in [4.69, 9.17) is 4.74 Å². The molecule has 2 heteroatoms. The lowest BCUT2D eigenvalue weighted by Crippen LogP contribution is -2.23. The number of fused-ring (bicyclic) bond motifs is 1. The van der Waals surface area contributed by atoms with E-state index in [2.05, 4.69) is 29.2 Å². The number of nitrogens with zero attached hydrogens (tertiary/aromatic N) is 1. The number of hydrogen-bond acceptors (Lipinski definition) is 2. The molecule has 0 fully saturated rings. The Morgan fingerprint density at radius 3 is 2.94 bits per heavy atom. The van der Waals surface area contributed by atoms with E-state index < -0.39 is 0 Å². The van der Waals surface area contributed by atoms with Crippen LogP contribution in [0.4, 0.5) is 0 Å². The lowest BCUT2D eigenvalue weighted by atomic mass is 9.78. The second kappa shape index (κ2) is 3.97. The van der Waals surface area contributed by atoms with Crippen LogP contribution < -0.4 is 4.74 Å². The summed E-state index contributed by atoms with van der Waals surface area (Å²) in [7, 11) is 0. The van der Waals surface area contributed by atoms with E-state index in [1.165, 1.54) is 11.1 Å². The van der Waals surface area contributed by atoms with Gasteiger partial charge >= 0.3 is 0 Å². The second-order valence-corrected chi connectivity index (χ2v) is 4.10. The molecule has 1 aromatic heterocycles. The highest BCUT2D eigenvalue weighted by Gasteiger charge is 2.25. The number of pyridine rings is 1. The molecule has 1 aliphatic rings. The van der Waals surface area contributed by atoms with Crippen LogP contribution in [0.15, 0.2) is 48.8 Å². The van der Waals surface area contributed by atoms with Gasteiger partial charge in [0.25, 0.3) is 0 Å². The van der Waals surface area contributed by atoms with Gasteiger partial charge in [0.2, 0.25) is 0 Å². The summed E-state index contributed by atoms with van der Waals surface area (Å²) in [6.07, 6.45) is 4.65. The first-order valence-electron chi connectivity index (χ1n) is 5.54. The molecule has 0 saturated heterocycles. The standard InChI is InChI=1S/C14H13NO/c1-2-6-14-11(4-1)8-12(14)10-16-13-5-3-7-15-9-13/h1-7,9,12H,8,10H2. The average Bonchev–Trinajstić information content (AvgIpc) is 2.32. The summed E-state index contributed by atoms with van der Waals surface area (Å²) in [5.74, 6) is 1.41. The van der Waals surface area contributed by atoms with Crippen molar-refractivity contribution in [2.45, 2.75) is 12.3 Å². The molecule has 1 atom stereocenters. The van der Waals surface area contributed by atoms with Gasteiger partial charge < -0.3 is 4.74 Å². The Bertz CT molecular complexity index is 481. The van der Waals surface area contributed by atoms with Crippen LogP contribution in [0.2, 0.25) is 0 Å². The topological polar surface area (TPSA) is 22.1 Å². The van der Waals surface area contributed by atoms with Crippen molar-refractivity contribution >= 4 is 0 Å². The number of rotatable bonds is 3. The van der Waals surface area contributed by atoms with Crippen LogP contribution in [0.5, 0.6) is 5.75 Å². The Hall–Kier alpha value is -1.83. The molecule has 0 saturated carbocycles. The highest BCUT2D eigenvalue weighted by molar-refractivity contribution is 5.40. The summed E-state index contributed by atoms with van der Waals surface area (Å²) in [5.41, 5.74) is 2.90. The molecule has 0 radical (unpaired) electrons. The van der Waals surface area contributed by atoms with Crippen LogP contribution in [-0.4, -0.2) is 11.6 Å². The van der Waals surface area contributed by atoms with Crippen LogP contribution >= 0.6 is 0 Å². The molecule has 80 valence electrons. The van der Waals surface area contributed by atoms with Gasteiger partial charge in [0.1, 0.15) is 5.75 Å². The zero-order chi connectivity index (χ0) is 10.8. The van der Waals surface area contributed by atoms with Crippen molar-refractivity contribution in [1.82, 2.24) is 4.98 Å². The van der Waals surface area contributed by atoms with Crippen molar-refractivity contribution in [1.29, 1.82) is 0 Å². The molecule has 1 aromatic carbocycles. The molecule has 1 aliphatic carbocycles. The summed E-state index contributed by atoms with van der Waals surface area (Å²) in [6, 6.07) is 12.4. The van der Waals surface area contributed by atoms with Crippen LogP contribution in [0.1, 0.15) is 17.0 Å². The van der Waals surface area contributed by atoms with Crippen LogP contribution in [-0.2, 0) is 6.42 Å². The Kier molecular flexibility index (Phi) is 2.33. The van der Waals surface area contributed by atoms with Gasteiger partial charge in [-0.15, -0.1) is 0 Å². The summed E-state index contributed by atoms with van der Waals surface area (Å²) in [4.78, 5) is 4.03. The van der Waals surface area contributed by atoms with Gasteiger partial charge in [-0.3, -0.25) is 4.98 Å². The largest absolute Gasteiger partial charge is 0.491 e. The predicted octanol–water partition coefficient (Wildman–Crippen LogP) is 2.80. The van der Waals surface area contributed by atoms with Crippen molar-refractivity contribution in [3.8, 4) is 5.75 Å². The van der Waals surface area contributed by atoms with E-state index in [0.29, 0.717) is 5.92 Å². The van der Waals surface area contributed by atoms with Crippen molar-refractivity contribution in [3.05, 3.63) is 59.9 Å². The fourth-order valence-corrected chi connectivity index (χ4v) is 2.14. The number of hydrogen-bond donors (Lipinski definition) is 0. The maximum absolute atomic E-state index is 5.70. The van der Waals surface area contributed by atoms with Crippen molar-refractivity contribution in [3.63, 3.8) is 0 Å². The zero-order valence-corrected chi connectivity index (χ0v) is 8.97. The van der Waals surface area contributed by atoms with Crippen molar-refractivity contribution in [2.75, 3.05) is 6.61 Å². The summed E-state index contributed by atoms with van der Waals surface area (Å²) in [6.45, 7) is 0.753. The molecule has 2 aromatic rings.